The number of halogens is 1. The molecule has 1 aromatic heterocycles. The van der Waals surface area contributed by atoms with Crippen molar-refractivity contribution in [1.82, 2.24) is 5.32 Å². The molecule has 1 saturated heterocycles. The molecule has 0 amide bonds. The molecular weight excluding hydrogens is 262 g/mol. The van der Waals surface area contributed by atoms with E-state index in [0.29, 0.717) is 0 Å². The smallest absolute Gasteiger partial charge is 0.0809 e. The van der Waals surface area contributed by atoms with E-state index in [-0.39, 0.29) is 0 Å². The van der Waals surface area contributed by atoms with Crippen LogP contribution in [0.2, 0.25) is 0 Å². The number of nitrogens with one attached hydrogen (secondary N) is 1. The molecule has 14 heavy (non-hydrogen) atoms. The van der Waals surface area contributed by atoms with Gasteiger partial charge in [0.05, 0.1) is 17.0 Å². The van der Waals surface area contributed by atoms with E-state index in [9.17, 15) is 0 Å². The Labute approximate surface area is 96.8 Å². The Morgan fingerprint density at radius 3 is 3.14 bits per heavy atom. The third-order valence-electron chi connectivity index (χ3n) is 2.39. The minimum Gasteiger partial charge on any atom is -0.376 e. The Morgan fingerprint density at radius 2 is 2.50 bits per heavy atom. The Hall–Kier alpha value is 0.1000. The average Bonchev–Trinajstić information content (AvgIpc) is 2.77. The van der Waals surface area contributed by atoms with Gasteiger partial charge in [-0.05, 0) is 46.9 Å². The number of hydrogen-bond donors (Lipinski definition) is 1. The van der Waals surface area contributed by atoms with Gasteiger partial charge in [0.2, 0.25) is 0 Å². The van der Waals surface area contributed by atoms with Gasteiger partial charge in [-0.25, -0.2) is 0 Å². The molecule has 2 nitrogen and oxygen atoms in total. The standard InChI is InChI=1S/C10H14BrNOS/c11-10-2-1-9(14-10)7-13-6-8-3-4-12-5-8/h1-2,8,12H,3-7H2. The summed E-state index contributed by atoms with van der Waals surface area (Å²) in [5.74, 6) is 0.721. The van der Waals surface area contributed by atoms with Crippen LogP contribution in [0.4, 0.5) is 0 Å². The van der Waals surface area contributed by atoms with E-state index in [2.05, 4.69) is 33.4 Å². The van der Waals surface area contributed by atoms with Crippen LogP contribution in [0.3, 0.4) is 0 Å². The van der Waals surface area contributed by atoms with Crippen LogP contribution >= 0.6 is 27.3 Å². The van der Waals surface area contributed by atoms with E-state index in [0.717, 1.165) is 32.2 Å². The summed E-state index contributed by atoms with van der Waals surface area (Å²) in [6.07, 6.45) is 1.26. The maximum absolute atomic E-state index is 5.67. The van der Waals surface area contributed by atoms with E-state index in [1.165, 1.54) is 15.1 Å². The van der Waals surface area contributed by atoms with Crippen molar-refractivity contribution in [1.29, 1.82) is 0 Å². The summed E-state index contributed by atoms with van der Waals surface area (Å²) in [5.41, 5.74) is 0. The molecule has 4 heteroatoms. The Balaban J connectivity index is 1.67. The van der Waals surface area contributed by atoms with E-state index in [4.69, 9.17) is 4.74 Å². The van der Waals surface area contributed by atoms with Gasteiger partial charge < -0.3 is 10.1 Å². The van der Waals surface area contributed by atoms with Gasteiger partial charge in [0, 0.05) is 11.4 Å². The van der Waals surface area contributed by atoms with E-state index < -0.39 is 0 Å². The minimum atomic E-state index is 0.721. The molecule has 0 bridgehead atoms. The first-order chi connectivity index (χ1) is 6.84. The molecule has 78 valence electrons. The second-order valence-corrected chi connectivity index (χ2v) is 6.13. The highest BCUT2D eigenvalue weighted by Crippen LogP contribution is 2.22. The SMILES string of the molecule is Brc1ccc(COCC2CCNC2)s1. The molecule has 1 aliphatic heterocycles. The highest BCUT2D eigenvalue weighted by Gasteiger charge is 2.14. The van der Waals surface area contributed by atoms with E-state index in [1.807, 2.05) is 0 Å². The first kappa shape index (κ1) is 10.6. The van der Waals surface area contributed by atoms with Crippen molar-refractivity contribution in [2.45, 2.75) is 13.0 Å². The zero-order valence-corrected chi connectivity index (χ0v) is 10.4. The maximum Gasteiger partial charge on any atom is 0.0809 e. The van der Waals surface area contributed by atoms with Gasteiger partial charge in [-0.2, -0.15) is 0 Å². The molecular formula is C10H14BrNOS. The lowest BCUT2D eigenvalue weighted by molar-refractivity contribution is 0.0943. The van der Waals surface area contributed by atoms with Crippen LogP contribution in [-0.4, -0.2) is 19.7 Å². The van der Waals surface area contributed by atoms with Gasteiger partial charge in [-0.15, -0.1) is 11.3 Å². The Morgan fingerprint density at radius 1 is 1.57 bits per heavy atom. The lowest BCUT2D eigenvalue weighted by Crippen LogP contribution is -2.13. The van der Waals surface area contributed by atoms with Gasteiger partial charge >= 0.3 is 0 Å². The molecule has 1 fully saturated rings. The molecule has 1 aliphatic rings. The summed E-state index contributed by atoms with van der Waals surface area (Å²) in [7, 11) is 0. The molecule has 1 N–H and O–H groups in total. The van der Waals surface area contributed by atoms with Crippen molar-refractivity contribution >= 4 is 27.3 Å². The van der Waals surface area contributed by atoms with E-state index in [1.54, 1.807) is 11.3 Å². The monoisotopic (exact) mass is 275 g/mol. The van der Waals surface area contributed by atoms with Crippen LogP contribution in [0.15, 0.2) is 15.9 Å². The lowest BCUT2D eigenvalue weighted by Gasteiger charge is -2.07. The first-order valence-electron chi connectivity index (χ1n) is 4.87. The quantitative estimate of drug-likeness (QED) is 0.912. The summed E-state index contributed by atoms with van der Waals surface area (Å²) in [4.78, 5) is 1.29. The number of hydrogen-bond acceptors (Lipinski definition) is 3. The highest BCUT2D eigenvalue weighted by molar-refractivity contribution is 9.11. The van der Waals surface area contributed by atoms with Crippen molar-refractivity contribution < 1.29 is 4.74 Å². The molecule has 0 radical (unpaired) electrons. The topological polar surface area (TPSA) is 21.3 Å². The third-order valence-corrected chi connectivity index (χ3v) is 3.99. The summed E-state index contributed by atoms with van der Waals surface area (Å²) < 4.78 is 6.85. The third kappa shape index (κ3) is 3.05. The lowest BCUT2D eigenvalue weighted by atomic mass is 10.1. The number of thiophene rings is 1. The maximum atomic E-state index is 5.67. The Kier molecular flexibility index (Phi) is 3.99. The van der Waals surface area contributed by atoms with Crippen LogP contribution in [-0.2, 0) is 11.3 Å². The predicted molar refractivity (Wildman–Crippen MR) is 62.7 cm³/mol. The van der Waals surface area contributed by atoms with Crippen LogP contribution in [0.5, 0.6) is 0 Å². The zero-order valence-electron chi connectivity index (χ0n) is 7.96. The van der Waals surface area contributed by atoms with Crippen LogP contribution in [0, 0.1) is 5.92 Å². The van der Waals surface area contributed by atoms with Gasteiger partial charge in [-0.3, -0.25) is 0 Å². The molecule has 2 rings (SSSR count). The zero-order chi connectivity index (χ0) is 9.80. The molecule has 1 aromatic rings. The largest absolute Gasteiger partial charge is 0.376 e. The van der Waals surface area contributed by atoms with Crippen molar-refractivity contribution in [3.8, 4) is 0 Å². The molecule has 0 aliphatic carbocycles. The summed E-state index contributed by atoms with van der Waals surface area (Å²) in [6, 6.07) is 4.18. The van der Waals surface area contributed by atoms with E-state index >= 15 is 0 Å². The molecule has 2 heterocycles. The van der Waals surface area contributed by atoms with Crippen LogP contribution in [0.1, 0.15) is 11.3 Å². The molecule has 1 unspecified atom stereocenters. The van der Waals surface area contributed by atoms with Crippen molar-refractivity contribution in [3.63, 3.8) is 0 Å². The van der Waals surface area contributed by atoms with Gasteiger partial charge in [0.15, 0.2) is 0 Å². The highest BCUT2D eigenvalue weighted by atomic mass is 79.9. The Bertz CT molecular complexity index is 283. The average molecular weight is 276 g/mol. The summed E-state index contributed by atoms with van der Waals surface area (Å²) in [6.45, 7) is 3.92. The predicted octanol–water partition coefficient (Wildman–Crippen LogP) is 2.64. The second-order valence-electron chi connectivity index (χ2n) is 3.58. The molecule has 1 atom stereocenters. The normalized spacial score (nSPS) is 21.6. The number of rotatable bonds is 4. The van der Waals surface area contributed by atoms with Crippen LogP contribution in [0.25, 0.3) is 0 Å². The molecule has 0 saturated carbocycles. The summed E-state index contributed by atoms with van der Waals surface area (Å²) in [5, 5.41) is 3.34. The molecule has 0 aromatic carbocycles. The van der Waals surface area contributed by atoms with Crippen molar-refractivity contribution in [3.05, 3.63) is 20.8 Å². The second kappa shape index (κ2) is 5.26. The first-order valence-corrected chi connectivity index (χ1v) is 6.48. The number of ether oxygens (including phenoxy) is 1. The van der Waals surface area contributed by atoms with Crippen molar-refractivity contribution in [2.24, 2.45) is 5.92 Å². The summed E-state index contributed by atoms with van der Waals surface area (Å²) >= 11 is 5.19. The van der Waals surface area contributed by atoms with Crippen LogP contribution < -0.4 is 5.32 Å². The fourth-order valence-electron chi connectivity index (χ4n) is 1.61. The fourth-order valence-corrected chi connectivity index (χ4v) is 3.03. The van der Waals surface area contributed by atoms with Gasteiger partial charge in [0.1, 0.15) is 0 Å². The fraction of sp³-hybridized carbons (Fsp3) is 0.600. The van der Waals surface area contributed by atoms with Crippen molar-refractivity contribution in [2.75, 3.05) is 19.7 Å². The molecule has 0 spiro atoms. The van der Waals surface area contributed by atoms with Gasteiger partial charge in [0.25, 0.3) is 0 Å². The minimum absolute atomic E-state index is 0.721. The van der Waals surface area contributed by atoms with Gasteiger partial charge in [-0.1, -0.05) is 0 Å².